The second-order valence-electron chi connectivity index (χ2n) is 6.50. The van der Waals surface area contributed by atoms with Gasteiger partial charge in [0.25, 0.3) is 10.2 Å². The summed E-state index contributed by atoms with van der Waals surface area (Å²) in [5, 5.41) is 0. The second-order valence-corrected chi connectivity index (χ2v) is 8.20. The van der Waals surface area contributed by atoms with Crippen molar-refractivity contribution in [3.05, 3.63) is 0 Å². The molecule has 0 aliphatic carbocycles. The molecule has 2 saturated heterocycles. The number of nitrogens with one attached hydrogen (secondary N) is 1. The predicted molar refractivity (Wildman–Crippen MR) is 78.5 cm³/mol. The molecule has 2 aliphatic rings. The minimum absolute atomic E-state index is 0.0315. The van der Waals surface area contributed by atoms with Crippen LogP contribution in [0.15, 0.2) is 0 Å². The van der Waals surface area contributed by atoms with Crippen LogP contribution in [0.3, 0.4) is 0 Å². The number of piperidine rings is 1. The van der Waals surface area contributed by atoms with Gasteiger partial charge in [0.15, 0.2) is 0 Å². The van der Waals surface area contributed by atoms with Gasteiger partial charge in [-0.1, -0.05) is 0 Å². The van der Waals surface area contributed by atoms with Gasteiger partial charge in [-0.3, -0.25) is 0 Å². The maximum atomic E-state index is 12.4. The van der Waals surface area contributed by atoms with Crippen LogP contribution in [0.1, 0.15) is 39.5 Å². The van der Waals surface area contributed by atoms with Crippen LogP contribution < -0.4 is 10.5 Å². The quantitative estimate of drug-likeness (QED) is 0.790. The number of hydrogen-bond donors (Lipinski definition) is 2. The highest BCUT2D eigenvalue weighted by atomic mass is 32.2. The Morgan fingerprint density at radius 3 is 2.50 bits per heavy atom. The van der Waals surface area contributed by atoms with Crippen LogP contribution in [0.2, 0.25) is 0 Å². The summed E-state index contributed by atoms with van der Waals surface area (Å²) in [5.41, 5.74) is 5.39. The average molecular weight is 305 g/mol. The molecular formula is C13H27N3O3S. The molecule has 0 aromatic carbocycles. The van der Waals surface area contributed by atoms with E-state index in [0.29, 0.717) is 38.6 Å². The van der Waals surface area contributed by atoms with Gasteiger partial charge in [-0.2, -0.15) is 17.4 Å². The summed E-state index contributed by atoms with van der Waals surface area (Å²) >= 11 is 0. The first-order valence-electron chi connectivity index (χ1n) is 7.44. The molecule has 0 aromatic rings. The van der Waals surface area contributed by atoms with Crippen LogP contribution in [-0.2, 0) is 14.9 Å². The number of nitrogens with two attached hydrogens (primary N) is 1. The highest BCUT2D eigenvalue weighted by molar-refractivity contribution is 7.87. The van der Waals surface area contributed by atoms with Gasteiger partial charge in [0, 0.05) is 25.7 Å². The predicted octanol–water partition coefficient (Wildman–Crippen LogP) is 0.449. The molecule has 0 spiro atoms. The Kier molecular flexibility index (Phi) is 5.07. The van der Waals surface area contributed by atoms with Crippen molar-refractivity contribution in [1.29, 1.82) is 0 Å². The first-order chi connectivity index (χ1) is 9.32. The maximum Gasteiger partial charge on any atom is 0.279 e. The van der Waals surface area contributed by atoms with Crippen molar-refractivity contribution < 1.29 is 13.2 Å². The van der Waals surface area contributed by atoms with E-state index in [1.807, 2.05) is 13.8 Å². The van der Waals surface area contributed by atoms with E-state index in [4.69, 9.17) is 10.5 Å². The molecule has 7 heteroatoms. The molecule has 2 aliphatic heterocycles. The van der Waals surface area contributed by atoms with Crippen molar-refractivity contribution >= 4 is 10.2 Å². The fourth-order valence-corrected chi connectivity index (χ4v) is 4.47. The topological polar surface area (TPSA) is 84.7 Å². The normalized spacial score (nSPS) is 29.4. The van der Waals surface area contributed by atoms with E-state index < -0.39 is 10.2 Å². The van der Waals surface area contributed by atoms with Crippen LogP contribution >= 0.6 is 0 Å². The lowest BCUT2D eigenvalue weighted by Gasteiger charge is -2.37. The van der Waals surface area contributed by atoms with Gasteiger partial charge in [0.05, 0.1) is 5.60 Å². The Hall–Kier alpha value is -0.210. The van der Waals surface area contributed by atoms with Crippen LogP contribution in [0.25, 0.3) is 0 Å². The van der Waals surface area contributed by atoms with E-state index in [1.165, 1.54) is 0 Å². The molecule has 0 aromatic heterocycles. The Bertz CT molecular complexity index is 417. The molecular weight excluding hydrogens is 278 g/mol. The van der Waals surface area contributed by atoms with E-state index in [-0.39, 0.29) is 11.6 Å². The summed E-state index contributed by atoms with van der Waals surface area (Å²) in [7, 11) is -3.38. The number of hydrogen-bond acceptors (Lipinski definition) is 4. The van der Waals surface area contributed by atoms with Crippen molar-refractivity contribution in [1.82, 2.24) is 9.03 Å². The highest BCUT2D eigenvalue weighted by Crippen LogP contribution is 2.25. The number of ether oxygens (including phenoxy) is 1. The Morgan fingerprint density at radius 2 is 1.95 bits per heavy atom. The molecule has 0 amide bonds. The fourth-order valence-electron chi connectivity index (χ4n) is 3.00. The van der Waals surface area contributed by atoms with Gasteiger partial charge in [0.2, 0.25) is 0 Å². The molecule has 0 radical (unpaired) electrons. The minimum Gasteiger partial charge on any atom is -0.375 e. The smallest absolute Gasteiger partial charge is 0.279 e. The largest absolute Gasteiger partial charge is 0.375 e. The van der Waals surface area contributed by atoms with E-state index in [0.717, 1.165) is 19.3 Å². The molecule has 2 fully saturated rings. The Balaban J connectivity index is 1.91. The standard InChI is InChI=1S/C13H27N3O3S/c1-13(2)9-12(5-8-19-13)15-20(17,18)16-6-3-11(10-14)4-7-16/h11-12,15H,3-10,14H2,1-2H3. The SMILES string of the molecule is CC1(C)CC(NS(=O)(=O)N2CCC(CN)CC2)CCO1. The van der Waals surface area contributed by atoms with Crippen LogP contribution in [0.5, 0.6) is 0 Å². The van der Waals surface area contributed by atoms with Gasteiger partial charge in [-0.05, 0) is 52.0 Å². The minimum atomic E-state index is -3.38. The number of nitrogens with zero attached hydrogens (tertiary/aromatic N) is 1. The molecule has 1 unspecified atom stereocenters. The van der Waals surface area contributed by atoms with Crippen LogP contribution in [0.4, 0.5) is 0 Å². The Morgan fingerprint density at radius 1 is 1.30 bits per heavy atom. The molecule has 3 N–H and O–H groups in total. The van der Waals surface area contributed by atoms with Crippen molar-refractivity contribution in [2.24, 2.45) is 11.7 Å². The summed E-state index contributed by atoms with van der Waals surface area (Å²) in [6, 6.07) is -0.0315. The zero-order valence-corrected chi connectivity index (χ0v) is 13.3. The third-order valence-electron chi connectivity index (χ3n) is 4.26. The van der Waals surface area contributed by atoms with Gasteiger partial charge in [-0.25, -0.2) is 0 Å². The van der Waals surface area contributed by atoms with Crippen LogP contribution in [0, 0.1) is 5.92 Å². The third kappa shape index (κ3) is 4.14. The summed E-state index contributed by atoms with van der Waals surface area (Å²) in [5.74, 6) is 0.462. The van der Waals surface area contributed by atoms with Crippen molar-refractivity contribution in [2.45, 2.75) is 51.2 Å². The molecule has 0 bridgehead atoms. The zero-order chi connectivity index (χ0) is 14.8. The molecule has 0 saturated carbocycles. The fraction of sp³-hybridized carbons (Fsp3) is 1.00. The summed E-state index contributed by atoms with van der Waals surface area (Å²) in [6.07, 6.45) is 3.17. The monoisotopic (exact) mass is 305 g/mol. The second kappa shape index (κ2) is 6.27. The average Bonchev–Trinajstić information content (AvgIpc) is 2.37. The van der Waals surface area contributed by atoms with E-state index in [1.54, 1.807) is 4.31 Å². The lowest BCUT2D eigenvalue weighted by Crippen LogP contribution is -2.52. The van der Waals surface area contributed by atoms with E-state index in [9.17, 15) is 8.42 Å². The van der Waals surface area contributed by atoms with Crippen molar-refractivity contribution in [3.8, 4) is 0 Å². The first-order valence-corrected chi connectivity index (χ1v) is 8.88. The summed E-state index contributed by atoms with van der Waals surface area (Å²) in [6.45, 7) is 6.40. The molecule has 1 atom stereocenters. The molecule has 6 nitrogen and oxygen atoms in total. The van der Waals surface area contributed by atoms with Crippen molar-refractivity contribution in [3.63, 3.8) is 0 Å². The summed E-state index contributed by atoms with van der Waals surface area (Å²) in [4.78, 5) is 0. The van der Waals surface area contributed by atoms with Gasteiger partial charge >= 0.3 is 0 Å². The molecule has 20 heavy (non-hydrogen) atoms. The van der Waals surface area contributed by atoms with E-state index in [2.05, 4.69) is 4.72 Å². The van der Waals surface area contributed by atoms with Crippen LogP contribution in [-0.4, -0.2) is 50.6 Å². The molecule has 2 rings (SSSR count). The lowest BCUT2D eigenvalue weighted by molar-refractivity contribution is -0.0601. The van der Waals surface area contributed by atoms with Gasteiger partial charge < -0.3 is 10.5 Å². The molecule has 118 valence electrons. The zero-order valence-electron chi connectivity index (χ0n) is 12.5. The molecule has 2 heterocycles. The number of rotatable bonds is 4. The van der Waals surface area contributed by atoms with Gasteiger partial charge in [-0.15, -0.1) is 0 Å². The first kappa shape index (κ1) is 16.2. The summed E-state index contributed by atoms with van der Waals surface area (Å²) < 4.78 is 34.8. The highest BCUT2D eigenvalue weighted by Gasteiger charge is 2.34. The van der Waals surface area contributed by atoms with Gasteiger partial charge in [0.1, 0.15) is 0 Å². The lowest BCUT2D eigenvalue weighted by atomic mass is 9.95. The van der Waals surface area contributed by atoms with Crippen molar-refractivity contribution in [2.75, 3.05) is 26.2 Å². The third-order valence-corrected chi connectivity index (χ3v) is 5.94. The Labute approximate surface area is 122 Å². The maximum absolute atomic E-state index is 12.4. The van der Waals surface area contributed by atoms with E-state index >= 15 is 0 Å².